The molecule has 1 fully saturated rings. The van der Waals surface area contributed by atoms with Crippen molar-refractivity contribution in [2.75, 3.05) is 19.6 Å². The average Bonchev–Trinajstić information content (AvgIpc) is 2.32. The largest absolute Gasteiger partial charge is 0.329 e. The molecule has 0 bridgehead atoms. The summed E-state index contributed by atoms with van der Waals surface area (Å²) in [4.78, 5) is 2.64. The molecule has 2 nitrogen and oxygen atoms in total. The van der Waals surface area contributed by atoms with E-state index in [1.807, 2.05) is 0 Å². The quantitative estimate of drug-likeness (QED) is 0.686. The minimum absolute atomic E-state index is 0.623. The lowest BCUT2D eigenvalue weighted by Gasteiger charge is -2.39. The number of nitrogens with two attached hydrogens (primary N) is 1. The van der Waals surface area contributed by atoms with Crippen LogP contribution in [0.15, 0.2) is 0 Å². The van der Waals surface area contributed by atoms with Crippen molar-refractivity contribution < 1.29 is 0 Å². The predicted octanol–water partition coefficient (Wildman–Crippen LogP) is 3.50. The van der Waals surface area contributed by atoms with E-state index in [0.717, 1.165) is 17.0 Å². The molecule has 108 valence electrons. The van der Waals surface area contributed by atoms with E-state index in [1.165, 1.54) is 51.6 Å². The molecule has 3 atom stereocenters. The Morgan fingerprint density at radius 3 is 2.28 bits per heavy atom. The van der Waals surface area contributed by atoms with Crippen LogP contribution in [0.2, 0.25) is 0 Å². The number of rotatable bonds is 8. The van der Waals surface area contributed by atoms with Crippen LogP contribution in [0, 0.1) is 0 Å². The van der Waals surface area contributed by atoms with Crippen LogP contribution in [0.4, 0.5) is 0 Å². The second kappa shape index (κ2) is 9.22. The second-order valence-electron chi connectivity index (χ2n) is 5.80. The first-order chi connectivity index (χ1) is 8.67. The Balaban J connectivity index is 2.26. The van der Waals surface area contributed by atoms with Gasteiger partial charge in [-0.25, -0.2) is 0 Å². The van der Waals surface area contributed by atoms with Gasteiger partial charge in [-0.05, 0) is 6.42 Å². The first-order valence-corrected chi connectivity index (χ1v) is 8.71. The van der Waals surface area contributed by atoms with Crippen LogP contribution in [0.1, 0.15) is 59.3 Å². The zero-order chi connectivity index (χ0) is 13.4. The molecule has 3 unspecified atom stereocenters. The van der Waals surface area contributed by atoms with Crippen LogP contribution in [-0.4, -0.2) is 41.1 Å². The summed E-state index contributed by atoms with van der Waals surface area (Å²) >= 11 is 2.13. The van der Waals surface area contributed by atoms with Crippen molar-refractivity contribution in [1.82, 2.24) is 4.90 Å². The molecule has 0 spiro atoms. The van der Waals surface area contributed by atoms with Gasteiger partial charge in [-0.2, -0.15) is 11.8 Å². The van der Waals surface area contributed by atoms with Crippen LogP contribution in [0.25, 0.3) is 0 Å². The lowest BCUT2D eigenvalue weighted by molar-refractivity contribution is 0.185. The third-order valence-electron chi connectivity index (χ3n) is 3.88. The van der Waals surface area contributed by atoms with Gasteiger partial charge >= 0.3 is 0 Å². The van der Waals surface area contributed by atoms with Gasteiger partial charge in [0.25, 0.3) is 0 Å². The maximum absolute atomic E-state index is 5.99. The number of unbranched alkanes of at least 4 members (excludes halogenated alkanes) is 4. The summed E-state index contributed by atoms with van der Waals surface area (Å²) in [5, 5.41) is 1.53. The maximum atomic E-state index is 5.99. The molecule has 0 aromatic rings. The first kappa shape index (κ1) is 16.3. The molecule has 18 heavy (non-hydrogen) atoms. The summed E-state index contributed by atoms with van der Waals surface area (Å²) in [7, 11) is 0. The Kier molecular flexibility index (Phi) is 8.36. The molecule has 0 saturated carbocycles. The summed E-state index contributed by atoms with van der Waals surface area (Å²) < 4.78 is 0. The molecule has 0 radical (unpaired) electrons. The fourth-order valence-electron chi connectivity index (χ4n) is 2.95. The highest BCUT2D eigenvalue weighted by molar-refractivity contribution is 8.00. The zero-order valence-corrected chi connectivity index (χ0v) is 13.3. The molecule has 0 aromatic heterocycles. The molecule has 0 amide bonds. The van der Waals surface area contributed by atoms with Crippen LogP contribution in [-0.2, 0) is 0 Å². The van der Waals surface area contributed by atoms with Gasteiger partial charge in [0.15, 0.2) is 0 Å². The zero-order valence-electron chi connectivity index (χ0n) is 12.5. The molecule has 1 saturated heterocycles. The number of nitrogens with zero attached hydrogens (tertiary/aromatic N) is 1. The van der Waals surface area contributed by atoms with Gasteiger partial charge in [0.05, 0.1) is 0 Å². The standard InChI is InChI=1S/C15H32N2S/c1-4-5-6-7-8-9-15(10-16)17-11-13(2)18-14(3)12-17/h13-15H,4-12,16H2,1-3H3. The van der Waals surface area contributed by atoms with Crippen molar-refractivity contribution in [3.8, 4) is 0 Å². The molecular weight excluding hydrogens is 240 g/mol. The third-order valence-corrected chi connectivity index (χ3v) is 5.10. The highest BCUT2D eigenvalue weighted by Gasteiger charge is 2.26. The smallest absolute Gasteiger partial charge is 0.0219 e. The molecule has 0 aliphatic carbocycles. The predicted molar refractivity (Wildman–Crippen MR) is 84.3 cm³/mol. The van der Waals surface area contributed by atoms with Crippen molar-refractivity contribution in [2.45, 2.75) is 75.8 Å². The van der Waals surface area contributed by atoms with Crippen molar-refractivity contribution in [3.63, 3.8) is 0 Å². The van der Waals surface area contributed by atoms with E-state index in [9.17, 15) is 0 Å². The highest BCUT2D eigenvalue weighted by Crippen LogP contribution is 2.26. The van der Waals surface area contributed by atoms with Gasteiger partial charge in [-0.1, -0.05) is 52.9 Å². The molecule has 1 rings (SSSR count). The first-order valence-electron chi connectivity index (χ1n) is 7.77. The normalized spacial score (nSPS) is 27.3. The summed E-state index contributed by atoms with van der Waals surface area (Å²) in [6, 6.07) is 0.623. The Hall–Kier alpha value is 0.270. The molecule has 1 aliphatic rings. The minimum atomic E-state index is 0.623. The molecule has 1 heterocycles. The second-order valence-corrected chi connectivity index (χ2v) is 7.69. The minimum Gasteiger partial charge on any atom is -0.329 e. The van der Waals surface area contributed by atoms with Crippen molar-refractivity contribution in [3.05, 3.63) is 0 Å². The fourth-order valence-corrected chi connectivity index (χ4v) is 4.30. The van der Waals surface area contributed by atoms with Crippen LogP contribution in [0.5, 0.6) is 0 Å². The number of hydrogen-bond donors (Lipinski definition) is 1. The van der Waals surface area contributed by atoms with E-state index in [0.29, 0.717) is 6.04 Å². The van der Waals surface area contributed by atoms with E-state index in [1.54, 1.807) is 0 Å². The van der Waals surface area contributed by atoms with E-state index >= 15 is 0 Å². The average molecular weight is 273 g/mol. The highest BCUT2D eigenvalue weighted by atomic mass is 32.2. The van der Waals surface area contributed by atoms with Gasteiger partial charge in [-0.15, -0.1) is 0 Å². The van der Waals surface area contributed by atoms with Gasteiger partial charge in [0, 0.05) is 36.2 Å². The van der Waals surface area contributed by atoms with E-state index in [4.69, 9.17) is 5.73 Å². The van der Waals surface area contributed by atoms with Crippen LogP contribution in [0.3, 0.4) is 0 Å². The van der Waals surface area contributed by atoms with Crippen LogP contribution < -0.4 is 5.73 Å². The Bertz CT molecular complexity index is 201. The molecule has 1 aliphatic heterocycles. The fraction of sp³-hybridized carbons (Fsp3) is 1.00. The monoisotopic (exact) mass is 272 g/mol. The summed E-state index contributed by atoms with van der Waals surface area (Å²) in [6.45, 7) is 10.3. The van der Waals surface area contributed by atoms with Gasteiger partial charge in [-0.3, -0.25) is 4.90 Å². The molecule has 2 N–H and O–H groups in total. The Morgan fingerprint density at radius 2 is 1.72 bits per heavy atom. The van der Waals surface area contributed by atoms with Crippen molar-refractivity contribution >= 4 is 11.8 Å². The summed E-state index contributed by atoms with van der Waals surface area (Å²) in [6.07, 6.45) is 8.16. The van der Waals surface area contributed by atoms with E-state index in [-0.39, 0.29) is 0 Å². The van der Waals surface area contributed by atoms with Gasteiger partial charge in [0.1, 0.15) is 0 Å². The maximum Gasteiger partial charge on any atom is 0.0219 e. The third kappa shape index (κ3) is 5.94. The number of thioether (sulfide) groups is 1. The van der Waals surface area contributed by atoms with E-state index < -0.39 is 0 Å². The van der Waals surface area contributed by atoms with Gasteiger partial charge in [0.2, 0.25) is 0 Å². The van der Waals surface area contributed by atoms with Crippen molar-refractivity contribution in [1.29, 1.82) is 0 Å². The van der Waals surface area contributed by atoms with Crippen molar-refractivity contribution in [2.24, 2.45) is 5.73 Å². The van der Waals surface area contributed by atoms with E-state index in [2.05, 4.69) is 37.4 Å². The molecule has 0 aromatic carbocycles. The Labute approximate surface area is 118 Å². The molecular formula is C15H32N2S. The lowest BCUT2D eigenvalue weighted by Crippen LogP contribution is -2.49. The molecule has 3 heteroatoms. The van der Waals surface area contributed by atoms with Gasteiger partial charge < -0.3 is 5.73 Å². The summed E-state index contributed by atoms with van der Waals surface area (Å²) in [5.41, 5.74) is 5.99. The Morgan fingerprint density at radius 1 is 1.11 bits per heavy atom. The van der Waals surface area contributed by atoms with Crippen LogP contribution >= 0.6 is 11.8 Å². The SMILES string of the molecule is CCCCCCCC(CN)N1CC(C)SC(C)C1. The lowest BCUT2D eigenvalue weighted by atomic mass is 10.0. The topological polar surface area (TPSA) is 29.3 Å². The number of hydrogen-bond acceptors (Lipinski definition) is 3. The summed E-state index contributed by atoms with van der Waals surface area (Å²) in [5.74, 6) is 0.